The first-order chi connectivity index (χ1) is 14.5. The van der Waals surface area contributed by atoms with Crippen LogP contribution in [-0.4, -0.2) is 47.4 Å². The Morgan fingerprint density at radius 2 is 1.90 bits per heavy atom. The summed E-state index contributed by atoms with van der Waals surface area (Å²) in [6.07, 6.45) is 2.07. The van der Waals surface area contributed by atoms with Crippen molar-refractivity contribution >= 4 is 11.8 Å². The number of phenols is 1. The van der Waals surface area contributed by atoms with Gasteiger partial charge in [-0.15, -0.1) is 0 Å². The lowest BCUT2D eigenvalue weighted by Crippen LogP contribution is -2.37. The monoisotopic (exact) mass is 410 g/mol. The fourth-order valence-corrected chi connectivity index (χ4v) is 4.08. The van der Waals surface area contributed by atoms with Crippen LogP contribution in [0.25, 0.3) is 0 Å². The minimum absolute atomic E-state index is 0.0126. The van der Waals surface area contributed by atoms with Gasteiger partial charge in [0.15, 0.2) is 0 Å². The zero-order chi connectivity index (χ0) is 21.7. The third kappa shape index (κ3) is 4.58. The van der Waals surface area contributed by atoms with Gasteiger partial charge in [-0.1, -0.05) is 43.7 Å². The number of carbonyl (C=O) groups is 2. The fourth-order valence-electron chi connectivity index (χ4n) is 4.08. The number of phenolic OH excluding ortho intramolecular Hbond substituents is 1. The van der Waals surface area contributed by atoms with Crippen molar-refractivity contribution in [3.63, 3.8) is 0 Å². The van der Waals surface area contributed by atoms with E-state index in [-0.39, 0.29) is 30.0 Å². The Bertz CT molecular complexity index is 881. The molecule has 0 radical (unpaired) electrons. The zero-order valence-electron chi connectivity index (χ0n) is 17.9. The van der Waals surface area contributed by atoms with E-state index in [1.165, 1.54) is 0 Å². The smallest absolute Gasteiger partial charge is 0.228 e. The third-order valence-corrected chi connectivity index (χ3v) is 5.73. The summed E-state index contributed by atoms with van der Waals surface area (Å²) in [6, 6.07) is 14.3. The normalized spacial score (nSPS) is 18.5. The standard InChI is InChI=1S/C24H30N2O4/c1-4-5-14-26-22(28)15-20(23(26)17-10-12-19(30-3)13-11-17)24(29)25(2)16-18-8-6-7-9-21(18)27/h6-13,20,23,27H,4-5,14-16H2,1-3H3. The number of ether oxygens (including phenoxy) is 1. The van der Waals surface area contributed by atoms with E-state index in [9.17, 15) is 14.7 Å². The molecule has 0 saturated carbocycles. The van der Waals surface area contributed by atoms with Crippen LogP contribution in [0.15, 0.2) is 48.5 Å². The number of para-hydroxylation sites is 1. The van der Waals surface area contributed by atoms with Crippen molar-refractivity contribution in [3.05, 3.63) is 59.7 Å². The predicted octanol–water partition coefficient (Wildman–Crippen LogP) is 3.75. The molecule has 6 heteroatoms. The maximum atomic E-state index is 13.4. The molecule has 0 spiro atoms. The summed E-state index contributed by atoms with van der Waals surface area (Å²) in [6.45, 7) is 3.02. The van der Waals surface area contributed by atoms with Gasteiger partial charge in [0.05, 0.1) is 19.1 Å². The highest BCUT2D eigenvalue weighted by Gasteiger charge is 2.45. The number of likely N-dealkylation sites (tertiary alicyclic amines) is 1. The summed E-state index contributed by atoms with van der Waals surface area (Å²) in [5, 5.41) is 10.1. The van der Waals surface area contributed by atoms with E-state index in [4.69, 9.17) is 4.74 Å². The van der Waals surface area contributed by atoms with Gasteiger partial charge in [0.2, 0.25) is 11.8 Å². The number of methoxy groups -OCH3 is 1. The molecule has 1 heterocycles. The van der Waals surface area contributed by atoms with Gasteiger partial charge in [-0.2, -0.15) is 0 Å². The first-order valence-corrected chi connectivity index (χ1v) is 10.4. The van der Waals surface area contributed by atoms with E-state index in [0.717, 1.165) is 24.2 Å². The minimum atomic E-state index is -0.460. The van der Waals surface area contributed by atoms with Gasteiger partial charge >= 0.3 is 0 Å². The molecule has 2 unspecified atom stereocenters. The molecular weight excluding hydrogens is 380 g/mol. The first kappa shape index (κ1) is 21.7. The highest BCUT2D eigenvalue weighted by molar-refractivity contribution is 5.90. The van der Waals surface area contributed by atoms with Gasteiger partial charge in [-0.3, -0.25) is 9.59 Å². The molecule has 3 rings (SSSR count). The van der Waals surface area contributed by atoms with Crippen LogP contribution in [0.3, 0.4) is 0 Å². The Morgan fingerprint density at radius 3 is 2.53 bits per heavy atom. The Balaban J connectivity index is 1.86. The van der Waals surface area contributed by atoms with E-state index >= 15 is 0 Å². The second kappa shape index (κ2) is 9.65. The number of carbonyl (C=O) groups excluding carboxylic acids is 2. The van der Waals surface area contributed by atoms with Gasteiger partial charge in [-0.25, -0.2) is 0 Å². The van der Waals surface area contributed by atoms with E-state index < -0.39 is 5.92 Å². The van der Waals surface area contributed by atoms with Crippen molar-refractivity contribution < 1.29 is 19.4 Å². The van der Waals surface area contributed by atoms with Crippen LogP contribution >= 0.6 is 0 Å². The minimum Gasteiger partial charge on any atom is -0.508 e. The molecule has 0 bridgehead atoms. The van der Waals surface area contributed by atoms with Crippen molar-refractivity contribution in [2.24, 2.45) is 5.92 Å². The molecule has 6 nitrogen and oxygen atoms in total. The molecule has 2 atom stereocenters. The molecule has 1 aliphatic rings. The first-order valence-electron chi connectivity index (χ1n) is 10.4. The number of benzene rings is 2. The number of amides is 2. The lowest BCUT2D eigenvalue weighted by molar-refractivity contribution is -0.135. The number of hydrogen-bond acceptors (Lipinski definition) is 4. The van der Waals surface area contributed by atoms with E-state index in [1.807, 2.05) is 35.2 Å². The van der Waals surface area contributed by atoms with Crippen LogP contribution in [0.1, 0.15) is 43.4 Å². The summed E-state index contributed by atoms with van der Waals surface area (Å²) in [5.74, 6) is 0.363. The van der Waals surface area contributed by atoms with Crippen molar-refractivity contribution in [1.29, 1.82) is 0 Å². The summed E-state index contributed by atoms with van der Waals surface area (Å²) in [5.41, 5.74) is 1.62. The molecule has 0 aliphatic carbocycles. The quantitative estimate of drug-likeness (QED) is 0.720. The summed E-state index contributed by atoms with van der Waals surface area (Å²) < 4.78 is 5.26. The Kier molecular flexibility index (Phi) is 6.98. The molecule has 160 valence electrons. The number of nitrogens with zero attached hydrogens (tertiary/aromatic N) is 2. The number of unbranched alkanes of at least 4 members (excludes halogenated alkanes) is 1. The highest BCUT2D eigenvalue weighted by Crippen LogP contribution is 2.40. The van der Waals surface area contributed by atoms with Gasteiger partial charge in [0.25, 0.3) is 0 Å². The Labute approximate surface area is 178 Å². The van der Waals surface area contributed by atoms with Gasteiger partial charge in [0.1, 0.15) is 11.5 Å². The van der Waals surface area contributed by atoms with Crippen LogP contribution < -0.4 is 4.74 Å². The van der Waals surface area contributed by atoms with Gasteiger partial charge < -0.3 is 19.6 Å². The van der Waals surface area contributed by atoms with E-state index in [0.29, 0.717) is 18.7 Å². The van der Waals surface area contributed by atoms with Crippen molar-refractivity contribution in [2.75, 3.05) is 20.7 Å². The van der Waals surface area contributed by atoms with Crippen LogP contribution in [-0.2, 0) is 16.1 Å². The van der Waals surface area contributed by atoms with Crippen LogP contribution in [0.2, 0.25) is 0 Å². The average molecular weight is 411 g/mol. The molecule has 1 N–H and O–H groups in total. The van der Waals surface area contributed by atoms with Gasteiger partial charge in [-0.05, 0) is 30.2 Å². The summed E-state index contributed by atoms with van der Waals surface area (Å²) >= 11 is 0. The number of rotatable bonds is 8. The zero-order valence-corrected chi connectivity index (χ0v) is 17.9. The molecule has 1 fully saturated rings. The molecule has 2 amide bonds. The molecule has 2 aromatic carbocycles. The van der Waals surface area contributed by atoms with Crippen LogP contribution in [0.4, 0.5) is 0 Å². The fraction of sp³-hybridized carbons (Fsp3) is 0.417. The van der Waals surface area contributed by atoms with E-state index in [2.05, 4.69) is 6.92 Å². The number of aromatic hydroxyl groups is 1. The topological polar surface area (TPSA) is 70.1 Å². The summed E-state index contributed by atoms with van der Waals surface area (Å²) in [7, 11) is 3.33. The maximum Gasteiger partial charge on any atom is 0.228 e. The molecule has 2 aromatic rings. The second-order valence-corrected chi connectivity index (χ2v) is 7.79. The lowest BCUT2D eigenvalue weighted by atomic mass is 9.92. The molecule has 1 saturated heterocycles. The SMILES string of the molecule is CCCCN1C(=O)CC(C(=O)N(C)Cc2ccccc2O)C1c1ccc(OC)cc1. The predicted molar refractivity (Wildman–Crippen MR) is 115 cm³/mol. The van der Waals surface area contributed by atoms with E-state index in [1.54, 1.807) is 37.3 Å². The Hall–Kier alpha value is -3.02. The largest absolute Gasteiger partial charge is 0.508 e. The third-order valence-electron chi connectivity index (χ3n) is 5.73. The molecular formula is C24H30N2O4. The second-order valence-electron chi connectivity index (χ2n) is 7.79. The van der Waals surface area contributed by atoms with Crippen molar-refractivity contribution in [1.82, 2.24) is 9.80 Å². The van der Waals surface area contributed by atoms with Crippen molar-refractivity contribution in [3.8, 4) is 11.5 Å². The van der Waals surface area contributed by atoms with Crippen LogP contribution in [0, 0.1) is 5.92 Å². The molecule has 0 aromatic heterocycles. The summed E-state index contributed by atoms with van der Waals surface area (Å²) in [4.78, 5) is 29.7. The Morgan fingerprint density at radius 1 is 1.20 bits per heavy atom. The highest BCUT2D eigenvalue weighted by atomic mass is 16.5. The number of hydrogen-bond donors (Lipinski definition) is 1. The molecule has 30 heavy (non-hydrogen) atoms. The van der Waals surface area contributed by atoms with Gasteiger partial charge in [0, 0.05) is 32.1 Å². The average Bonchev–Trinajstić information content (AvgIpc) is 3.09. The van der Waals surface area contributed by atoms with Crippen LogP contribution in [0.5, 0.6) is 11.5 Å². The van der Waals surface area contributed by atoms with Crippen molar-refractivity contribution in [2.45, 2.75) is 38.8 Å². The lowest BCUT2D eigenvalue weighted by Gasteiger charge is -2.30. The molecule has 1 aliphatic heterocycles. The maximum absolute atomic E-state index is 13.4.